The van der Waals surface area contributed by atoms with Gasteiger partial charge in [0, 0.05) is 30.9 Å². The van der Waals surface area contributed by atoms with Crippen LogP contribution in [0.25, 0.3) is 0 Å². The number of nitrogens with two attached hydrogens (primary N) is 1. The van der Waals surface area contributed by atoms with E-state index < -0.39 is 0 Å². The van der Waals surface area contributed by atoms with E-state index in [1.165, 1.54) is 12.8 Å². The first-order valence-corrected chi connectivity index (χ1v) is 9.57. The number of aromatic nitrogens is 1. The predicted molar refractivity (Wildman–Crippen MR) is 128 cm³/mol. The highest BCUT2D eigenvalue weighted by molar-refractivity contribution is 14.0. The molecule has 0 unspecified atom stereocenters. The number of aryl methyl sites for hydroxylation is 1. The lowest BCUT2D eigenvalue weighted by Gasteiger charge is -2.21. The number of methoxy groups -OCH3 is 2. The molecule has 3 N–H and O–H groups in total. The molecule has 1 aliphatic heterocycles. The zero-order chi connectivity index (χ0) is 19.9. The van der Waals surface area contributed by atoms with Crippen LogP contribution in [0.4, 0.5) is 5.82 Å². The number of hydrogen-bond donors (Lipinski definition) is 2. The highest BCUT2D eigenvalue weighted by Crippen LogP contribution is 2.27. The van der Waals surface area contributed by atoms with Crippen LogP contribution in [0.5, 0.6) is 11.5 Å². The number of anilines is 1. The summed E-state index contributed by atoms with van der Waals surface area (Å²) in [5.74, 6) is 2.84. The molecule has 2 aromatic rings. The number of nitrogens with zero attached hydrogens (tertiary/aromatic N) is 3. The third kappa shape index (κ3) is 6.12. The van der Waals surface area contributed by atoms with Crippen molar-refractivity contribution in [2.45, 2.75) is 32.9 Å². The molecule has 3 rings (SSSR count). The summed E-state index contributed by atoms with van der Waals surface area (Å²) in [4.78, 5) is 11.5. The lowest BCUT2D eigenvalue weighted by atomic mass is 10.2. The number of ether oxygens (including phenoxy) is 2. The first kappa shape index (κ1) is 23.1. The van der Waals surface area contributed by atoms with Gasteiger partial charge in [-0.15, -0.1) is 24.0 Å². The number of nitrogens with one attached hydrogen (secondary N) is 1. The van der Waals surface area contributed by atoms with Gasteiger partial charge in [0.25, 0.3) is 0 Å². The van der Waals surface area contributed by atoms with E-state index in [1.807, 2.05) is 31.2 Å². The number of rotatable bonds is 7. The summed E-state index contributed by atoms with van der Waals surface area (Å²) in [6, 6.07) is 9.88. The van der Waals surface area contributed by atoms with E-state index in [-0.39, 0.29) is 24.0 Å². The van der Waals surface area contributed by atoms with Gasteiger partial charge in [-0.25, -0.2) is 9.98 Å². The van der Waals surface area contributed by atoms with Crippen LogP contribution in [0.2, 0.25) is 0 Å². The fourth-order valence-electron chi connectivity index (χ4n) is 3.31. The Kier molecular flexibility index (Phi) is 8.81. The molecule has 158 valence electrons. The molecular formula is C21H30IN5O2. The van der Waals surface area contributed by atoms with Gasteiger partial charge in [0.05, 0.1) is 20.8 Å². The Labute approximate surface area is 189 Å². The van der Waals surface area contributed by atoms with Crippen molar-refractivity contribution in [1.29, 1.82) is 0 Å². The molecule has 1 saturated heterocycles. The molecule has 1 aliphatic rings. The average Bonchev–Trinajstić information content (AvgIpc) is 3.25. The van der Waals surface area contributed by atoms with Gasteiger partial charge >= 0.3 is 0 Å². The molecule has 8 heteroatoms. The van der Waals surface area contributed by atoms with Gasteiger partial charge in [-0.1, -0.05) is 12.1 Å². The van der Waals surface area contributed by atoms with Crippen LogP contribution in [0.1, 0.15) is 29.7 Å². The maximum absolute atomic E-state index is 6.08. The van der Waals surface area contributed by atoms with E-state index in [2.05, 4.69) is 21.3 Å². The van der Waals surface area contributed by atoms with Crippen LogP contribution >= 0.6 is 24.0 Å². The monoisotopic (exact) mass is 511 g/mol. The van der Waals surface area contributed by atoms with E-state index in [1.54, 1.807) is 14.2 Å². The van der Waals surface area contributed by atoms with Crippen LogP contribution < -0.4 is 25.4 Å². The van der Waals surface area contributed by atoms with E-state index in [0.717, 1.165) is 35.7 Å². The Morgan fingerprint density at radius 1 is 1.14 bits per heavy atom. The fourth-order valence-corrected chi connectivity index (χ4v) is 3.31. The number of halogens is 1. The normalized spacial score (nSPS) is 13.8. The van der Waals surface area contributed by atoms with Gasteiger partial charge in [0.15, 0.2) is 17.5 Å². The molecule has 0 amide bonds. The number of benzene rings is 1. The van der Waals surface area contributed by atoms with E-state index in [0.29, 0.717) is 30.5 Å². The molecule has 7 nitrogen and oxygen atoms in total. The Hall–Kier alpha value is -2.23. The van der Waals surface area contributed by atoms with Gasteiger partial charge in [-0.3, -0.25) is 0 Å². The van der Waals surface area contributed by atoms with Gasteiger partial charge in [-0.05, 0) is 43.5 Å². The number of pyridine rings is 1. The molecule has 0 spiro atoms. The minimum atomic E-state index is 0. The smallest absolute Gasteiger partial charge is 0.189 e. The van der Waals surface area contributed by atoms with Crippen LogP contribution in [0.3, 0.4) is 0 Å². The fraction of sp³-hybridized carbons (Fsp3) is 0.429. The third-order valence-electron chi connectivity index (χ3n) is 4.84. The zero-order valence-corrected chi connectivity index (χ0v) is 19.6. The zero-order valence-electron chi connectivity index (χ0n) is 17.3. The number of aliphatic imine (C=N–C) groups is 1. The van der Waals surface area contributed by atoms with Crippen LogP contribution in [0, 0.1) is 6.92 Å². The predicted octanol–water partition coefficient (Wildman–Crippen LogP) is 3.23. The van der Waals surface area contributed by atoms with E-state index >= 15 is 0 Å². The van der Waals surface area contributed by atoms with Gasteiger partial charge in [0.2, 0.25) is 0 Å². The Balaban J connectivity index is 0.00000300. The van der Waals surface area contributed by atoms with Crippen LogP contribution in [0.15, 0.2) is 35.3 Å². The highest BCUT2D eigenvalue weighted by atomic mass is 127. The first-order valence-electron chi connectivity index (χ1n) is 9.57. The summed E-state index contributed by atoms with van der Waals surface area (Å²) in [6.07, 6.45) is 2.44. The average molecular weight is 511 g/mol. The molecule has 0 bridgehead atoms. The lowest BCUT2D eigenvalue weighted by Crippen LogP contribution is -2.32. The molecule has 0 saturated carbocycles. The van der Waals surface area contributed by atoms with Crippen molar-refractivity contribution in [1.82, 2.24) is 10.3 Å². The van der Waals surface area contributed by atoms with Crippen molar-refractivity contribution in [3.63, 3.8) is 0 Å². The molecule has 0 aliphatic carbocycles. The Morgan fingerprint density at radius 3 is 2.55 bits per heavy atom. The summed E-state index contributed by atoms with van der Waals surface area (Å²) in [5, 5.41) is 3.21. The van der Waals surface area contributed by atoms with Gasteiger partial charge in [-0.2, -0.15) is 0 Å². The van der Waals surface area contributed by atoms with Crippen molar-refractivity contribution >= 4 is 35.8 Å². The second-order valence-electron chi connectivity index (χ2n) is 6.87. The van der Waals surface area contributed by atoms with Gasteiger partial charge < -0.3 is 25.4 Å². The molecule has 29 heavy (non-hydrogen) atoms. The first-order chi connectivity index (χ1) is 13.6. The van der Waals surface area contributed by atoms with Crippen molar-refractivity contribution in [3.05, 3.63) is 47.2 Å². The summed E-state index contributed by atoms with van der Waals surface area (Å²) < 4.78 is 10.6. The molecule has 2 heterocycles. The summed E-state index contributed by atoms with van der Waals surface area (Å²) in [7, 11) is 3.24. The van der Waals surface area contributed by atoms with Crippen LogP contribution in [-0.4, -0.2) is 38.3 Å². The van der Waals surface area contributed by atoms with Crippen molar-refractivity contribution in [2.24, 2.45) is 10.7 Å². The standard InChI is InChI=1S/C21H29N5O2.HI/c1-15-6-8-17(20(25-15)26-10-4-5-11-26)14-24-21(22)23-13-16-7-9-18(27-2)19(12-16)28-3;/h6-9,12H,4-5,10-11,13-14H2,1-3H3,(H3,22,23,24);1H. The molecule has 1 aromatic heterocycles. The number of guanidine groups is 1. The van der Waals surface area contributed by atoms with Crippen LogP contribution in [-0.2, 0) is 13.1 Å². The maximum Gasteiger partial charge on any atom is 0.189 e. The minimum Gasteiger partial charge on any atom is -0.493 e. The molecule has 1 fully saturated rings. The van der Waals surface area contributed by atoms with Crippen molar-refractivity contribution < 1.29 is 9.47 Å². The summed E-state index contributed by atoms with van der Waals surface area (Å²) in [5.41, 5.74) is 9.24. The largest absolute Gasteiger partial charge is 0.493 e. The summed E-state index contributed by atoms with van der Waals surface area (Å²) >= 11 is 0. The maximum atomic E-state index is 6.08. The molecule has 0 atom stereocenters. The SMILES string of the molecule is COc1ccc(CN=C(N)NCc2ccc(C)nc2N2CCCC2)cc1OC.I. The third-order valence-corrected chi connectivity index (χ3v) is 4.84. The second-order valence-corrected chi connectivity index (χ2v) is 6.87. The van der Waals surface area contributed by atoms with Crippen molar-refractivity contribution in [2.75, 3.05) is 32.2 Å². The topological polar surface area (TPSA) is 85.0 Å². The van der Waals surface area contributed by atoms with Crippen molar-refractivity contribution in [3.8, 4) is 11.5 Å². The summed E-state index contributed by atoms with van der Waals surface area (Å²) in [6.45, 7) is 5.21. The Bertz CT molecular complexity index is 838. The van der Waals surface area contributed by atoms with Gasteiger partial charge in [0.1, 0.15) is 5.82 Å². The second kappa shape index (κ2) is 11.1. The quantitative estimate of drug-likeness (QED) is 0.338. The minimum absolute atomic E-state index is 0. The Morgan fingerprint density at radius 2 is 1.86 bits per heavy atom. The highest BCUT2D eigenvalue weighted by Gasteiger charge is 2.17. The van der Waals surface area contributed by atoms with E-state index in [4.69, 9.17) is 20.2 Å². The number of hydrogen-bond acceptors (Lipinski definition) is 5. The molecule has 1 aromatic carbocycles. The lowest BCUT2D eigenvalue weighted by molar-refractivity contribution is 0.354. The van der Waals surface area contributed by atoms with E-state index in [9.17, 15) is 0 Å². The molecular weight excluding hydrogens is 481 g/mol. The molecule has 0 radical (unpaired) electrons.